The van der Waals surface area contributed by atoms with Crippen LogP contribution in [0.1, 0.15) is 58.4 Å². The molecule has 1 heteroatoms. The van der Waals surface area contributed by atoms with Crippen molar-refractivity contribution in [3.8, 4) is 44.5 Å². The van der Waals surface area contributed by atoms with E-state index in [0.717, 1.165) is 23.5 Å². The number of hydrogen-bond acceptors (Lipinski definition) is 1. The van der Waals surface area contributed by atoms with Crippen molar-refractivity contribution in [1.82, 2.24) is 0 Å². The maximum absolute atomic E-state index is 2.46. The Kier molecular flexibility index (Phi) is 8.38. The summed E-state index contributed by atoms with van der Waals surface area (Å²) in [6, 6.07) is 89.1. The molecule has 1 spiro atoms. The Morgan fingerprint density at radius 1 is 0.309 bits per heavy atom. The number of fused-ring (bicyclic) bond motifs is 14. The predicted molar refractivity (Wildman–Crippen MR) is 285 cm³/mol. The minimum atomic E-state index is -0.494. The molecule has 0 N–H and O–H groups in total. The Bertz CT molecular complexity index is 3770. The Labute approximate surface area is 398 Å². The molecule has 0 saturated carbocycles. The van der Waals surface area contributed by atoms with Crippen LogP contribution in [0.4, 0.5) is 17.1 Å². The van der Waals surface area contributed by atoms with Gasteiger partial charge in [0.2, 0.25) is 0 Å². The molecular formula is C67H47N. The second-order valence-electron chi connectivity index (χ2n) is 19.5. The molecule has 0 radical (unpaired) electrons. The lowest BCUT2D eigenvalue weighted by molar-refractivity contribution is 0.660. The van der Waals surface area contributed by atoms with Gasteiger partial charge in [-0.2, -0.15) is 0 Å². The lowest BCUT2D eigenvalue weighted by Crippen LogP contribution is -2.39. The minimum Gasteiger partial charge on any atom is -0.310 e. The van der Waals surface area contributed by atoms with E-state index in [9.17, 15) is 0 Å². The number of rotatable bonds is 4. The molecular weight excluding hydrogens is 819 g/mol. The normalized spacial score (nSPS) is 14.2. The third-order valence-electron chi connectivity index (χ3n) is 15.8. The van der Waals surface area contributed by atoms with Gasteiger partial charge in [-0.25, -0.2) is 0 Å². The highest BCUT2D eigenvalue weighted by molar-refractivity contribution is 6.14. The smallest absolute Gasteiger partial charge is 0.0725 e. The number of benzene rings is 11. The van der Waals surface area contributed by atoms with Gasteiger partial charge in [0, 0.05) is 22.2 Å². The summed E-state index contributed by atoms with van der Waals surface area (Å²) in [5.74, 6) is 0. The molecule has 68 heavy (non-hydrogen) atoms. The van der Waals surface area contributed by atoms with Gasteiger partial charge >= 0.3 is 0 Å². The van der Waals surface area contributed by atoms with E-state index in [2.05, 4.69) is 255 Å². The van der Waals surface area contributed by atoms with E-state index in [-0.39, 0.29) is 5.41 Å². The van der Waals surface area contributed by atoms with Crippen molar-refractivity contribution in [1.29, 1.82) is 0 Å². The molecule has 1 nitrogen and oxygen atoms in total. The number of nitrogens with zero attached hydrogens (tertiary/aromatic N) is 1. The van der Waals surface area contributed by atoms with Gasteiger partial charge in [0.05, 0.1) is 11.1 Å². The zero-order valence-electron chi connectivity index (χ0n) is 38.2. The van der Waals surface area contributed by atoms with Gasteiger partial charge in [0.25, 0.3) is 0 Å². The maximum Gasteiger partial charge on any atom is 0.0725 e. The predicted octanol–water partition coefficient (Wildman–Crippen LogP) is 17.4. The van der Waals surface area contributed by atoms with Crippen LogP contribution in [0, 0.1) is 0 Å². The summed E-state index contributed by atoms with van der Waals surface area (Å²) in [5, 5.41) is 5.09. The summed E-state index contributed by atoms with van der Waals surface area (Å²) >= 11 is 0. The Morgan fingerprint density at radius 3 is 1.47 bits per heavy atom. The average Bonchev–Trinajstić information content (AvgIpc) is 3.62. The first-order valence-electron chi connectivity index (χ1n) is 24.1. The molecule has 0 aromatic heterocycles. The van der Waals surface area contributed by atoms with Gasteiger partial charge in [-0.15, -0.1) is 0 Å². The Balaban J connectivity index is 0.974. The van der Waals surface area contributed by atoms with Crippen LogP contribution in [-0.4, -0.2) is 0 Å². The molecule has 11 aromatic rings. The van der Waals surface area contributed by atoms with Gasteiger partial charge in [-0.3, -0.25) is 0 Å². The van der Waals surface area contributed by atoms with Gasteiger partial charge in [0.15, 0.2) is 0 Å². The van der Waals surface area contributed by atoms with Crippen molar-refractivity contribution in [2.24, 2.45) is 0 Å². The summed E-state index contributed by atoms with van der Waals surface area (Å²) in [4.78, 5) is 2.46. The second-order valence-corrected chi connectivity index (χ2v) is 19.5. The maximum atomic E-state index is 2.46. The van der Waals surface area contributed by atoms with Crippen LogP contribution in [-0.2, 0) is 17.3 Å². The van der Waals surface area contributed by atoms with E-state index in [1.807, 2.05) is 0 Å². The fraction of sp³-hybridized carbons (Fsp3) is 0.0746. The lowest BCUT2D eigenvalue weighted by Gasteiger charge is -2.48. The van der Waals surface area contributed by atoms with Crippen molar-refractivity contribution < 1.29 is 0 Å². The highest BCUT2D eigenvalue weighted by atomic mass is 15.1. The summed E-state index contributed by atoms with van der Waals surface area (Å²) in [5.41, 5.74) is 24.0. The van der Waals surface area contributed by atoms with Crippen molar-refractivity contribution in [2.75, 3.05) is 4.90 Å². The second kappa shape index (κ2) is 14.6. The van der Waals surface area contributed by atoms with Crippen LogP contribution in [0.15, 0.2) is 237 Å². The molecule has 0 heterocycles. The SMILES string of the molecule is CC1(C)c2ccccc2-c2ccc(N(c3ccccc3)c3ccc(-c4ccc5c6c(cccc46)C54c5ccccc5-c5ccccc5Cc5ccccc5-c5ccccc54)c4ccccc34)cc21. The molecule has 320 valence electrons. The molecule has 0 atom stereocenters. The quantitative estimate of drug-likeness (QED) is 0.170. The highest BCUT2D eigenvalue weighted by Gasteiger charge is 2.50. The Morgan fingerprint density at radius 2 is 0.779 bits per heavy atom. The molecule has 0 bridgehead atoms. The zero-order chi connectivity index (χ0) is 45.1. The topological polar surface area (TPSA) is 3.24 Å². The van der Waals surface area contributed by atoms with Gasteiger partial charge in [0.1, 0.15) is 0 Å². The Hall–Kier alpha value is -8.26. The van der Waals surface area contributed by atoms with E-state index >= 15 is 0 Å². The van der Waals surface area contributed by atoms with Crippen LogP contribution in [0.3, 0.4) is 0 Å². The zero-order valence-corrected chi connectivity index (χ0v) is 38.2. The molecule has 14 rings (SSSR count). The number of hydrogen-bond donors (Lipinski definition) is 0. The summed E-state index contributed by atoms with van der Waals surface area (Å²) in [7, 11) is 0. The molecule has 0 fully saturated rings. The first-order chi connectivity index (χ1) is 33.5. The van der Waals surface area contributed by atoms with E-state index in [4.69, 9.17) is 0 Å². The molecule has 3 aliphatic carbocycles. The fourth-order valence-corrected chi connectivity index (χ4v) is 12.8. The highest BCUT2D eigenvalue weighted by Crippen LogP contribution is 2.62. The van der Waals surface area contributed by atoms with Gasteiger partial charge in [-0.05, 0) is 142 Å². The van der Waals surface area contributed by atoms with Gasteiger partial charge < -0.3 is 4.90 Å². The van der Waals surface area contributed by atoms with Crippen molar-refractivity contribution in [3.63, 3.8) is 0 Å². The molecule has 11 aromatic carbocycles. The van der Waals surface area contributed by atoms with E-state index in [0.29, 0.717) is 0 Å². The minimum absolute atomic E-state index is 0.112. The van der Waals surface area contributed by atoms with Crippen LogP contribution in [0.5, 0.6) is 0 Å². The van der Waals surface area contributed by atoms with Crippen LogP contribution < -0.4 is 4.90 Å². The molecule has 0 unspecified atom stereocenters. The van der Waals surface area contributed by atoms with Gasteiger partial charge in [-0.1, -0.05) is 220 Å². The summed E-state index contributed by atoms with van der Waals surface area (Å²) in [6.07, 6.45) is 0.869. The third-order valence-corrected chi connectivity index (χ3v) is 15.8. The molecule has 0 aliphatic heterocycles. The standard InChI is InChI=1S/C67H47N/c1-66(2)58-31-15-12-28-54(58)55-36-35-46(42-63(55)66)68(45-21-4-3-5-22-45)64-40-38-50(49-25-10-11-29-56(49)64)51-37-39-62-65-57(51)30-18-34-61(65)67(62)59-32-16-13-26-52(59)47-23-8-6-19-43(47)41-44-20-7-9-24-48(44)53-27-14-17-33-60(53)67/h3-40,42H,41H2,1-2H3. The van der Waals surface area contributed by atoms with Crippen LogP contribution in [0.2, 0.25) is 0 Å². The summed E-state index contributed by atoms with van der Waals surface area (Å²) < 4.78 is 0. The third kappa shape index (κ3) is 5.33. The van der Waals surface area contributed by atoms with Crippen LogP contribution in [0.25, 0.3) is 66.1 Å². The van der Waals surface area contributed by atoms with E-state index in [1.54, 1.807) is 0 Å². The average molecular weight is 866 g/mol. The monoisotopic (exact) mass is 865 g/mol. The molecule has 0 amide bonds. The van der Waals surface area contributed by atoms with Crippen molar-refractivity contribution in [3.05, 3.63) is 281 Å². The number of anilines is 3. The first-order valence-corrected chi connectivity index (χ1v) is 24.1. The molecule has 0 saturated heterocycles. The lowest BCUT2D eigenvalue weighted by atomic mass is 9.53. The van der Waals surface area contributed by atoms with E-state index in [1.165, 1.54) is 111 Å². The van der Waals surface area contributed by atoms with Crippen molar-refractivity contribution >= 4 is 38.6 Å². The van der Waals surface area contributed by atoms with Crippen LogP contribution >= 0.6 is 0 Å². The first kappa shape index (κ1) is 39.0. The largest absolute Gasteiger partial charge is 0.310 e. The van der Waals surface area contributed by atoms with E-state index < -0.39 is 5.41 Å². The fourth-order valence-electron chi connectivity index (χ4n) is 12.8. The molecule has 3 aliphatic rings. The van der Waals surface area contributed by atoms with Crippen molar-refractivity contribution in [2.45, 2.75) is 31.1 Å². The number of para-hydroxylation sites is 1. The summed E-state index contributed by atoms with van der Waals surface area (Å²) in [6.45, 7) is 4.73.